The van der Waals surface area contributed by atoms with Gasteiger partial charge in [0, 0.05) is 19.0 Å². The predicted molar refractivity (Wildman–Crippen MR) is 51.8 cm³/mol. The largest absolute Gasteiger partial charge is 0.481 e. The second-order valence-corrected chi connectivity index (χ2v) is 4.12. The zero-order valence-electron chi connectivity index (χ0n) is 8.69. The van der Waals surface area contributed by atoms with E-state index in [0.29, 0.717) is 19.5 Å². The molecule has 4 nitrogen and oxygen atoms in total. The predicted octanol–water partition coefficient (Wildman–Crippen LogP) is 0.966. The van der Waals surface area contributed by atoms with Crippen molar-refractivity contribution in [1.29, 1.82) is 0 Å². The van der Waals surface area contributed by atoms with Crippen LogP contribution in [0.3, 0.4) is 0 Å². The SMILES string of the molecule is CC(C)C(=O)N1CCC[C@@H](C(=O)O)C1. The molecular weight excluding hydrogens is 182 g/mol. The van der Waals surface area contributed by atoms with Gasteiger partial charge in [0.1, 0.15) is 0 Å². The Morgan fingerprint density at radius 2 is 2.07 bits per heavy atom. The van der Waals surface area contributed by atoms with Crippen LogP contribution in [0.1, 0.15) is 26.7 Å². The Kier molecular flexibility index (Phi) is 3.49. The van der Waals surface area contributed by atoms with Gasteiger partial charge in [-0.1, -0.05) is 13.8 Å². The maximum Gasteiger partial charge on any atom is 0.308 e. The van der Waals surface area contributed by atoms with Crippen molar-refractivity contribution >= 4 is 11.9 Å². The first kappa shape index (κ1) is 11.0. The number of amides is 1. The van der Waals surface area contributed by atoms with Crippen molar-refractivity contribution in [3.8, 4) is 0 Å². The summed E-state index contributed by atoms with van der Waals surface area (Å²) in [5, 5.41) is 8.84. The Labute approximate surface area is 83.9 Å². The Bertz CT molecular complexity index is 238. The van der Waals surface area contributed by atoms with Crippen LogP contribution in [0.2, 0.25) is 0 Å². The minimum Gasteiger partial charge on any atom is -0.481 e. The van der Waals surface area contributed by atoms with E-state index in [-0.39, 0.29) is 17.7 Å². The molecule has 1 N–H and O–H groups in total. The lowest BCUT2D eigenvalue weighted by molar-refractivity contribution is -0.146. The van der Waals surface area contributed by atoms with Gasteiger partial charge in [-0.3, -0.25) is 9.59 Å². The smallest absolute Gasteiger partial charge is 0.308 e. The first-order valence-corrected chi connectivity index (χ1v) is 5.04. The van der Waals surface area contributed by atoms with E-state index >= 15 is 0 Å². The van der Waals surface area contributed by atoms with E-state index in [0.717, 1.165) is 6.42 Å². The third-order valence-corrected chi connectivity index (χ3v) is 2.58. The number of carbonyl (C=O) groups excluding carboxylic acids is 1. The number of carboxylic acids is 1. The maximum absolute atomic E-state index is 11.6. The molecule has 1 fully saturated rings. The molecule has 0 bridgehead atoms. The normalized spacial score (nSPS) is 22.5. The van der Waals surface area contributed by atoms with Crippen molar-refractivity contribution in [2.75, 3.05) is 13.1 Å². The summed E-state index contributed by atoms with van der Waals surface area (Å²) in [5.74, 6) is -1.13. The fraction of sp³-hybridized carbons (Fsp3) is 0.800. The first-order chi connectivity index (χ1) is 6.52. The van der Waals surface area contributed by atoms with E-state index in [1.54, 1.807) is 4.90 Å². The van der Waals surface area contributed by atoms with Crippen molar-refractivity contribution in [2.24, 2.45) is 11.8 Å². The summed E-state index contributed by atoms with van der Waals surface area (Å²) in [6, 6.07) is 0. The van der Waals surface area contributed by atoms with Crippen LogP contribution in [-0.4, -0.2) is 35.0 Å². The quantitative estimate of drug-likeness (QED) is 0.720. The van der Waals surface area contributed by atoms with E-state index in [1.807, 2.05) is 13.8 Å². The number of carbonyl (C=O) groups is 2. The van der Waals surface area contributed by atoms with Crippen LogP contribution in [-0.2, 0) is 9.59 Å². The zero-order chi connectivity index (χ0) is 10.7. The molecule has 1 heterocycles. The van der Waals surface area contributed by atoms with Gasteiger partial charge in [-0.25, -0.2) is 0 Å². The number of aliphatic carboxylic acids is 1. The Hall–Kier alpha value is -1.06. The van der Waals surface area contributed by atoms with E-state index in [1.165, 1.54) is 0 Å². The summed E-state index contributed by atoms with van der Waals surface area (Å²) in [6.07, 6.45) is 1.49. The number of rotatable bonds is 2. The van der Waals surface area contributed by atoms with Crippen LogP contribution >= 0.6 is 0 Å². The maximum atomic E-state index is 11.6. The lowest BCUT2D eigenvalue weighted by Crippen LogP contribution is -2.43. The van der Waals surface area contributed by atoms with Crippen molar-refractivity contribution in [2.45, 2.75) is 26.7 Å². The van der Waals surface area contributed by atoms with Crippen molar-refractivity contribution in [3.63, 3.8) is 0 Å². The first-order valence-electron chi connectivity index (χ1n) is 5.04. The summed E-state index contributed by atoms with van der Waals surface area (Å²) in [4.78, 5) is 24.0. The number of carboxylic acid groups (broad SMARTS) is 1. The van der Waals surface area contributed by atoms with Crippen LogP contribution in [0, 0.1) is 11.8 Å². The fourth-order valence-corrected chi connectivity index (χ4v) is 1.74. The third-order valence-electron chi connectivity index (χ3n) is 2.58. The molecule has 0 aromatic rings. The summed E-state index contributed by atoms with van der Waals surface area (Å²) < 4.78 is 0. The van der Waals surface area contributed by atoms with Crippen LogP contribution in [0.25, 0.3) is 0 Å². The molecule has 1 amide bonds. The molecule has 0 aromatic carbocycles. The van der Waals surface area contributed by atoms with E-state index < -0.39 is 5.97 Å². The highest BCUT2D eigenvalue weighted by atomic mass is 16.4. The molecule has 0 aliphatic carbocycles. The zero-order valence-corrected chi connectivity index (χ0v) is 8.69. The number of hydrogen-bond donors (Lipinski definition) is 1. The van der Waals surface area contributed by atoms with Crippen LogP contribution in [0.5, 0.6) is 0 Å². The second-order valence-electron chi connectivity index (χ2n) is 4.12. The third kappa shape index (κ3) is 2.47. The number of nitrogens with zero attached hydrogens (tertiary/aromatic N) is 1. The lowest BCUT2D eigenvalue weighted by Gasteiger charge is -2.31. The molecule has 80 valence electrons. The summed E-state index contributed by atoms with van der Waals surface area (Å²) >= 11 is 0. The molecule has 1 saturated heterocycles. The van der Waals surface area contributed by atoms with Gasteiger partial charge in [0.15, 0.2) is 0 Å². The van der Waals surface area contributed by atoms with E-state index in [9.17, 15) is 9.59 Å². The van der Waals surface area contributed by atoms with Gasteiger partial charge in [0.2, 0.25) is 5.91 Å². The molecule has 0 unspecified atom stereocenters. The summed E-state index contributed by atoms with van der Waals surface area (Å²) in [6.45, 7) is 4.77. The standard InChI is InChI=1S/C10H17NO3/c1-7(2)9(12)11-5-3-4-8(6-11)10(13)14/h7-8H,3-6H2,1-2H3,(H,13,14)/t8-/m1/s1. The Morgan fingerprint density at radius 3 is 2.57 bits per heavy atom. The molecule has 1 atom stereocenters. The molecule has 0 saturated carbocycles. The molecule has 4 heteroatoms. The van der Waals surface area contributed by atoms with Crippen LogP contribution < -0.4 is 0 Å². The van der Waals surface area contributed by atoms with E-state index in [4.69, 9.17) is 5.11 Å². The van der Waals surface area contributed by atoms with Crippen molar-refractivity contribution < 1.29 is 14.7 Å². The van der Waals surface area contributed by atoms with Gasteiger partial charge in [-0.05, 0) is 12.8 Å². The molecule has 0 aromatic heterocycles. The number of piperidine rings is 1. The summed E-state index contributed by atoms with van der Waals surface area (Å²) in [5.41, 5.74) is 0. The monoisotopic (exact) mass is 199 g/mol. The number of likely N-dealkylation sites (tertiary alicyclic amines) is 1. The minimum atomic E-state index is -0.786. The van der Waals surface area contributed by atoms with Crippen LogP contribution in [0.4, 0.5) is 0 Å². The van der Waals surface area contributed by atoms with Crippen LogP contribution in [0.15, 0.2) is 0 Å². The van der Waals surface area contributed by atoms with Gasteiger partial charge in [0.05, 0.1) is 5.92 Å². The van der Waals surface area contributed by atoms with Gasteiger partial charge in [-0.15, -0.1) is 0 Å². The molecule has 0 spiro atoms. The van der Waals surface area contributed by atoms with Gasteiger partial charge >= 0.3 is 5.97 Å². The Balaban J connectivity index is 2.56. The molecule has 0 radical (unpaired) electrons. The summed E-state index contributed by atoms with van der Waals surface area (Å²) in [7, 11) is 0. The molecule has 14 heavy (non-hydrogen) atoms. The molecule has 1 aliphatic rings. The fourth-order valence-electron chi connectivity index (χ4n) is 1.74. The topological polar surface area (TPSA) is 57.6 Å². The lowest BCUT2D eigenvalue weighted by atomic mass is 9.97. The average Bonchev–Trinajstić information content (AvgIpc) is 2.16. The van der Waals surface area contributed by atoms with Crippen molar-refractivity contribution in [1.82, 2.24) is 4.90 Å². The highest BCUT2D eigenvalue weighted by Crippen LogP contribution is 2.18. The van der Waals surface area contributed by atoms with Gasteiger partial charge in [-0.2, -0.15) is 0 Å². The van der Waals surface area contributed by atoms with Gasteiger partial charge in [0.25, 0.3) is 0 Å². The average molecular weight is 199 g/mol. The number of hydrogen-bond acceptors (Lipinski definition) is 2. The molecular formula is C10H17NO3. The van der Waals surface area contributed by atoms with E-state index in [2.05, 4.69) is 0 Å². The van der Waals surface area contributed by atoms with Crippen molar-refractivity contribution in [3.05, 3.63) is 0 Å². The minimum absolute atomic E-state index is 0.0393. The highest BCUT2D eigenvalue weighted by molar-refractivity contribution is 5.79. The second kappa shape index (κ2) is 4.44. The highest BCUT2D eigenvalue weighted by Gasteiger charge is 2.28. The molecule has 1 aliphatic heterocycles. The Morgan fingerprint density at radius 1 is 1.43 bits per heavy atom. The molecule has 1 rings (SSSR count). The van der Waals surface area contributed by atoms with Gasteiger partial charge < -0.3 is 10.0 Å².